The van der Waals surface area contributed by atoms with Crippen LogP contribution in [0.15, 0.2) is 53.3 Å². The number of ether oxygens (including phenoxy) is 1. The molecule has 4 atom stereocenters. The number of aromatic amines is 1. The van der Waals surface area contributed by atoms with E-state index in [0.717, 1.165) is 0 Å². The number of carboxylic acid groups (broad SMARTS) is 1. The van der Waals surface area contributed by atoms with Gasteiger partial charge in [-0.3, -0.25) is 23.7 Å². The number of aliphatic hydroxyl groups excluding tert-OH is 1. The average Bonchev–Trinajstić information content (AvgIpc) is 3.36. The summed E-state index contributed by atoms with van der Waals surface area (Å²) < 4.78 is 31.1. The van der Waals surface area contributed by atoms with Crippen molar-refractivity contribution in [3.63, 3.8) is 0 Å². The molecule has 0 amide bonds. The Morgan fingerprint density at radius 2 is 2.15 bits per heavy atom. The Bertz CT molecular complexity index is 1340. The van der Waals surface area contributed by atoms with Gasteiger partial charge in [-0.05, 0) is 25.1 Å². The van der Waals surface area contributed by atoms with E-state index < -0.39 is 44.3 Å². The number of rotatable bonds is 9. The maximum absolute atomic E-state index is 13.3. The van der Waals surface area contributed by atoms with Crippen LogP contribution in [0.4, 0.5) is 5.95 Å². The number of nitrogens with zero attached hydrogens (tertiary/aromatic N) is 3. The lowest BCUT2D eigenvalue weighted by Gasteiger charge is -2.22. The number of anilines is 1. The predicted octanol–water partition coefficient (Wildman–Crippen LogP) is 0.742. The molecular weight excluding hydrogens is 471 g/mol. The number of carbonyl (C=O) groups is 1. The number of benzene rings is 1. The fraction of sp³-hybridized carbons (Fsp3) is 0.263. The van der Waals surface area contributed by atoms with Crippen LogP contribution < -0.4 is 20.9 Å². The molecule has 2 aromatic heterocycles. The summed E-state index contributed by atoms with van der Waals surface area (Å²) in [6, 6.07) is 6.81. The van der Waals surface area contributed by atoms with Gasteiger partial charge in [0.1, 0.15) is 36.6 Å². The van der Waals surface area contributed by atoms with Gasteiger partial charge in [-0.25, -0.2) is 9.55 Å². The number of aliphatic hydroxyl groups is 1. The molecule has 0 fully saturated rings. The van der Waals surface area contributed by atoms with E-state index in [-0.39, 0.29) is 28.6 Å². The maximum Gasteiger partial charge on any atom is 0.459 e. The Labute approximate surface area is 191 Å². The van der Waals surface area contributed by atoms with Gasteiger partial charge in [-0.2, -0.15) is 10.1 Å². The SMILES string of the molecule is CC(N[P@](=O)(OCC1=C[C@@H](O)[C@H](n2cnc3c(=O)[nH]c(N)nc32)O1)Oc1ccccc1)C(=O)O. The molecule has 1 aliphatic heterocycles. The topological polar surface area (TPSA) is 204 Å². The fourth-order valence-corrected chi connectivity index (χ4v) is 4.58. The normalized spacial score (nSPS) is 20.4. The number of nitrogens with two attached hydrogens (primary N) is 1. The molecule has 0 radical (unpaired) electrons. The van der Waals surface area contributed by atoms with Gasteiger partial charge in [0.05, 0.1) is 0 Å². The number of carboxylic acids is 1. The zero-order valence-electron chi connectivity index (χ0n) is 17.7. The molecule has 3 heterocycles. The van der Waals surface area contributed by atoms with Gasteiger partial charge in [-0.15, -0.1) is 0 Å². The number of hydrogen-bond donors (Lipinski definition) is 5. The van der Waals surface area contributed by atoms with Gasteiger partial charge in [-0.1, -0.05) is 18.2 Å². The highest BCUT2D eigenvalue weighted by Crippen LogP contribution is 2.45. The second-order valence-electron chi connectivity index (χ2n) is 7.27. The Hall–Kier alpha value is -3.71. The van der Waals surface area contributed by atoms with Gasteiger partial charge >= 0.3 is 13.7 Å². The van der Waals surface area contributed by atoms with Gasteiger partial charge in [0.15, 0.2) is 11.2 Å². The van der Waals surface area contributed by atoms with E-state index in [9.17, 15) is 24.4 Å². The highest BCUT2D eigenvalue weighted by molar-refractivity contribution is 7.52. The maximum atomic E-state index is 13.3. The molecule has 34 heavy (non-hydrogen) atoms. The third-order valence-electron chi connectivity index (χ3n) is 4.71. The number of para-hydroxylation sites is 1. The van der Waals surface area contributed by atoms with Crippen LogP contribution in [0.1, 0.15) is 13.2 Å². The quantitative estimate of drug-likeness (QED) is 0.262. The third kappa shape index (κ3) is 4.94. The molecule has 3 aromatic rings. The number of nitrogens with one attached hydrogen (secondary N) is 2. The molecule has 15 heteroatoms. The van der Waals surface area contributed by atoms with Crippen molar-refractivity contribution in [2.24, 2.45) is 0 Å². The Morgan fingerprint density at radius 3 is 2.85 bits per heavy atom. The van der Waals surface area contributed by atoms with E-state index in [1.165, 1.54) is 36.0 Å². The number of nitrogen functional groups attached to an aromatic ring is 1. The van der Waals surface area contributed by atoms with Gasteiger partial charge in [0.25, 0.3) is 5.56 Å². The first-order valence-corrected chi connectivity index (χ1v) is 11.5. The van der Waals surface area contributed by atoms with Crippen molar-refractivity contribution in [1.29, 1.82) is 0 Å². The van der Waals surface area contributed by atoms with E-state index in [2.05, 4.69) is 20.0 Å². The second kappa shape index (κ2) is 9.27. The molecule has 1 unspecified atom stereocenters. The van der Waals surface area contributed by atoms with E-state index in [0.29, 0.717) is 0 Å². The minimum Gasteiger partial charge on any atom is -0.480 e. The largest absolute Gasteiger partial charge is 0.480 e. The first kappa shape index (κ1) is 23.4. The van der Waals surface area contributed by atoms with E-state index in [1.54, 1.807) is 18.2 Å². The highest BCUT2D eigenvalue weighted by atomic mass is 31.2. The van der Waals surface area contributed by atoms with Gasteiger partial charge in [0.2, 0.25) is 12.2 Å². The summed E-state index contributed by atoms with van der Waals surface area (Å²) in [6.07, 6.45) is 0.314. The first-order chi connectivity index (χ1) is 16.1. The molecule has 14 nitrogen and oxygen atoms in total. The van der Waals surface area contributed by atoms with Crippen LogP contribution >= 0.6 is 7.75 Å². The monoisotopic (exact) mass is 492 g/mol. The van der Waals surface area contributed by atoms with Crippen LogP contribution in [0.3, 0.4) is 0 Å². The van der Waals surface area contributed by atoms with Crippen LogP contribution in [0.25, 0.3) is 11.2 Å². The van der Waals surface area contributed by atoms with E-state index in [4.69, 9.17) is 19.5 Å². The zero-order chi connectivity index (χ0) is 24.5. The summed E-state index contributed by atoms with van der Waals surface area (Å²) in [7, 11) is -4.18. The molecule has 0 bridgehead atoms. The summed E-state index contributed by atoms with van der Waals surface area (Å²) in [5, 5.41) is 22.0. The smallest absolute Gasteiger partial charge is 0.459 e. The summed E-state index contributed by atoms with van der Waals surface area (Å²) in [4.78, 5) is 33.6. The molecular formula is C19H21N6O8P. The molecule has 0 aliphatic carbocycles. The summed E-state index contributed by atoms with van der Waals surface area (Å²) in [5.41, 5.74) is 5.14. The minimum atomic E-state index is -4.18. The molecule has 0 spiro atoms. The number of aromatic nitrogens is 4. The van der Waals surface area contributed by atoms with Crippen molar-refractivity contribution in [3.8, 4) is 5.75 Å². The molecule has 0 saturated heterocycles. The van der Waals surface area contributed by atoms with E-state index in [1.807, 2.05) is 0 Å². The van der Waals surface area contributed by atoms with Crippen molar-refractivity contribution in [1.82, 2.24) is 24.6 Å². The summed E-state index contributed by atoms with van der Waals surface area (Å²) >= 11 is 0. The van der Waals surface area contributed by atoms with Crippen molar-refractivity contribution in [3.05, 3.63) is 58.8 Å². The number of fused-ring (bicyclic) bond motifs is 1. The molecule has 6 N–H and O–H groups in total. The van der Waals surface area contributed by atoms with Crippen LogP contribution in [0.2, 0.25) is 0 Å². The second-order valence-corrected chi connectivity index (χ2v) is 8.97. The molecule has 4 rings (SSSR count). The lowest BCUT2D eigenvalue weighted by atomic mass is 10.3. The van der Waals surface area contributed by atoms with Crippen molar-refractivity contribution < 1.29 is 33.4 Å². The molecule has 1 aliphatic rings. The predicted molar refractivity (Wildman–Crippen MR) is 118 cm³/mol. The molecule has 0 saturated carbocycles. The van der Waals surface area contributed by atoms with Crippen molar-refractivity contribution >= 4 is 30.8 Å². The number of hydrogen-bond acceptors (Lipinski definition) is 10. The standard InChI is InChI=1S/C19H21N6O8P/c1-10(18(28)29)24-34(30,33-11-5-3-2-4-6-11)31-8-12-7-13(26)17(32-12)25-9-21-14-15(25)22-19(20)23-16(14)27/h2-7,9-10,13,17,26H,8H2,1H3,(H,24,30)(H,28,29)(H3,20,22,23,27)/t10?,13-,17-,34+/m1/s1. The summed E-state index contributed by atoms with van der Waals surface area (Å²) in [6.45, 7) is 0.849. The average molecular weight is 492 g/mol. The number of H-pyrrole nitrogens is 1. The van der Waals surface area contributed by atoms with Gasteiger partial charge in [0, 0.05) is 0 Å². The number of aliphatic carboxylic acids is 1. The minimum absolute atomic E-state index is 0.00215. The highest BCUT2D eigenvalue weighted by Gasteiger charge is 2.35. The molecule has 180 valence electrons. The lowest BCUT2D eigenvalue weighted by molar-refractivity contribution is -0.138. The van der Waals surface area contributed by atoms with Crippen molar-refractivity contribution in [2.75, 3.05) is 12.3 Å². The van der Waals surface area contributed by atoms with Crippen molar-refractivity contribution in [2.45, 2.75) is 25.3 Å². The van der Waals surface area contributed by atoms with E-state index >= 15 is 0 Å². The van der Waals surface area contributed by atoms with Crippen LogP contribution in [0, 0.1) is 0 Å². The van der Waals surface area contributed by atoms with Gasteiger partial charge < -0.3 is 25.2 Å². The fourth-order valence-electron chi connectivity index (χ4n) is 3.12. The lowest BCUT2D eigenvalue weighted by Crippen LogP contribution is -2.33. The first-order valence-electron chi connectivity index (χ1n) is 9.93. The number of imidazole rings is 1. The molecule has 1 aromatic carbocycles. The van der Waals surface area contributed by atoms with Crippen LogP contribution in [-0.2, 0) is 18.6 Å². The third-order valence-corrected chi connectivity index (χ3v) is 6.34. The Balaban J connectivity index is 1.50. The Morgan fingerprint density at radius 1 is 1.41 bits per heavy atom. The zero-order valence-corrected chi connectivity index (χ0v) is 18.6. The Kier molecular flexibility index (Phi) is 6.39. The van der Waals surface area contributed by atoms with Crippen LogP contribution in [-0.4, -0.2) is 54.5 Å². The van der Waals surface area contributed by atoms with Crippen LogP contribution in [0.5, 0.6) is 5.75 Å². The summed E-state index contributed by atoms with van der Waals surface area (Å²) in [5.74, 6) is -1.13.